The van der Waals surface area contributed by atoms with Crippen molar-refractivity contribution in [3.8, 4) is 0 Å². The minimum absolute atomic E-state index is 0.438. The zero-order chi connectivity index (χ0) is 8.27. The van der Waals surface area contributed by atoms with E-state index in [4.69, 9.17) is 11.6 Å². The summed E-state index contributed by atoms with van der Waals surface area (Å²) in [7, 11) is 1.61. The molecule has 3 nitrogen and oxygen atoms in total. The molecule has 0 saturated carbocycles. The Kier molecular flexibility index (Phi) is 2.44. The van der Waals surface area contributed by atoms with Gasteiger partial charge in [0.05, 0.1) is 5.02 Å². The van der Waals surface area contributed by atoms with Gasteiger partial charge in [0.1, 0.15) is 5.82 Å². The average Bonchev–Trinajstić information content (AvgIpc) is 2.05. The molecule has 0 atom stereocenters. The molecule has 0 fully saturated rings. The van der Waals surface area contributed by atoms with Crippen molar-refractivity contribution in [3.63, 3.8) is 0 Å². The van der Waals surface area contributed by atoms with Crippen LogP contribution < -0.4 is 4.90 Å². The van der Waals surface area contributed by atoms with Gasteiger partial charge in [-0.1, -0.05) is 11.6 Å². The van der Waals surface area contributed by atoms with Gasteiger partial charge in [-0.05, 0) is 6.07 Å². The van der Waals surface area contributed by atoms with Crippen molar-refractivity contribution in [2.45, 2.75) is 0 Å². The number of pyridine rings is 1. The Balaban J connectivity index is 2.89. The normalized spacial score (nSPS) is 9.27. The molecule has 1 aromatic rings. The molecule has 1 aromatic heterocycles. The predicted molar refractivity (Wildman–Crippen MR) is 42.6 cm³/mol. The summed E-state index contributed by atoms with van der Waals surface area (Å²) in [5, 5.41) is 0.438. The first-order valence-electron chi connectivity index (χ1n) is 2.95. The van der Waals surface area contributed by atoms with Crippen LogP contribution in [0.5, 0.6) is 0 Å². The number of halogens is 1. The van der Waals surface area contributed by atoms with Crippen molar-refractivity contribution in [2.75, 3.05) is 11.9 Å². The third-order valence-corrected chi connectivity index (χ3v) is 1.38. The summed E-state index contributed by atoms with van der Waals surface area (Å²) < 4.78 is 0. The molecule has 57 valence electrons. The smallest absolute Gasteiger partial charge is 0.215 e. The Labute approximate surface area is 69.6 Å². The molecule has 4 heteroatoms. The van der Waals surface area contributed by atoms with E-state index in [2.05, 4.69) is 11.1 Å². The first-order valence-corrected chi connectivity index (χ1v) is 3.33. The number of carbonyl (C=O) groups is 1. The largest absolute Gasteiger partial charge is 0.303 e. The van der Waals surface area contributed by atoms with E-state index in [9.17, 15) is 4.79 Å². The number of nitrogens with zero attached hydrogens (tertiary/aromatic N) is 2. The van der Waals surface area contributed by atoms with Gasteiger partial charge in [0.2, 0.25) is 6.41 Å². The van der Waals surface area contributed by atoms with Gasteiger partial charge >= 0.3 is 0 Å². The molecule has 0 aliphatic heterocycles. The highest BCUT2D eigenvalue weighted by atomic mass is 35.5. The minimum atomic E-state index is 0.438. The quantitative estimate of drug-likeness (QED) is 0.622. The van der Waals surface area contributed by atoms with Crippen LogP contribution in [0.15, 0.2) is 12.3 Å². The van der Waals surface area contributed by atoms with Crippen molar-refractivity contribution < 1.29 is 4.79 Å². The third kappa shape index (κ3) is 1.91. The van der Waals surface area contributed by atoms with Gasteiger partial charge < -0.3 is 4.90 Å². The lowest BCUT2D eigenvalue weighted by Crippen LogP contribution is -2.14. The summed E-state index contributed by atoms with van der Waals surface area (Å²) in [5.41, 5.74) is 0. The minimum Gasteiger partial charge on any atom is -0.303 e. The summed E-state index contributed by atoms with van der Waals surface area (Å²) in [6.07, 6.45) is 2.11. The number of aromatic nitrogens is 1. The lowest BCUT2D eigenvalue weighted by atomic mass is 10.4. The zero-order valence-electron chi connectivity index (χ0n) is 5.91. The Bertz CT molecular complexity index is 247. The maximum Gasteiger partial charge on any atom is 0.215 e. The van der Waals surface area contributed by atoms with Crippen molar-refractivity contribution in [2.24, 2.45) is 0 Å². The fourth-order valence-corrected chi connectivity index (χ4v) is 0.681. The topological polar surface area (TPSA) is 33.2 Å². The van der Waals surface area contributed by atoms with Crippen LogP contribution in [0.1, 0.15) is 0 Å². The van der Waals surface area contributed by atoms with E-state index in [-0.39, 0.29) is 0 Å². The SMILES string of the molecule is CN(C=O)c1c[c]c(Cl)cn1. The van der Waals surface area contributed by atoms with E-state index < -0.39 is 0 Å². The summed E-state index contributed by atoms with van der Waals surface area (Å²) in [6.45, 7) is 0. The predicted octanol–water partition coefficient (Wildman–Crippen LogP) is 1.13. The first-order chi connectivity index (χ1) is 5.24. The Morgan fingerprint density at radius 3 is 3.00 bits per heavy atom. The van der Waals surface area contributed by atoms with Crippen LogP contribution in [0, 0.1) is 6.07 Å². The highest BCUT2D eigenvalue weighted by molar-refractivity contribution is 6.30. The Morgan fingerprint density at radius 1 is 1.82 bits per heavy atom. The number of hydrogen-bond donors (Lipinski definition) is 0. The fraction of sp³-hybridized carbons (Fsp3) is 0.143. The summed E-state index contributed by atoms with van der Waals surface area (Å²) >= 11 is 5.53. The van der Waals surface area contributed by atoms with Crippen molar-refractivity contribution in [3.05, 3.63) is 23.4 Å². The van der Waals surface area contributed by atoms with Gasteiger partial charge in [0.15, 0.2) is 0 Å². The zero-order valence-corrected chi connectivity index (χ0v) is 6.67. The summed E-state index contributed by atoms with van der Waals surface area (Å²) in [4.78, 5) is 15.4. The van der Waals surface area contributed by atoms with Gasteiger partial charge in [-0.2, -0.15) is 0 Å². The number of carbonyl (C=O) groups excluding carboxylic acids is 1. The first kappa shape index (κ1) is 8.01. The molecule has 0 unspecified atom stereocenters. The summed E-state index contributed by atoms with van der Waals surface area (Å²) in [5.74, 6) is 0.532. The van der Waals surface area contributed by atoms with Gasteiger partial charge in [-0.25, -0.2) is 4.98 Å². The molecule has 11 heavy (non-hydrogen) atoms. The van der Waals surface area contributed by atoms with Crippen LogP contribution in [-0.4, -0.2) is 18.4 Å². The van der Waals surface area contributed by atoms with Gasteiger partial charge in [-0.15, -0.1) is 0 Å². The Hall–Kier alpha value is -1.09. The van der Waals surface area contributed by atoms with Crippen LogP contribution in [0.4, 0.5) is 5.82 Å². The molecule has 0 N–H and O–H groups in total. The number of anilines is 1. The van der Waals surface area contributed by atoms with Crippen LogP contribution in [0.2, 0.25) is 5.02 Å². The van der Waals surface area contributed by atoms with Crippen LogP contribution in [0.3, 0.4) is 0 Å². The van der Waals surface area contributed by atoms with E-state index in [1.54, 1.807) is 13.1 Å². The molecular formula is C7H6ClN2O. The van der Waals surface area contributed by atoms with E-state index >= 15 is 0 Å². The Morgan fingerprint density at radius 2 is 2.55 bits per heavy atom. The summed E-state index contributed by atoms with van der Waals surface area (Å²) in [6, 6.07) is 4.27. The maximum absolute atomic E-state index is 10.2. The van der Waals surface area contributed by atoms with Crippen LogP contribution in [-0.2, 0) is 4.79 Å². The van der Waals surface area contributed by atoms with E-state index in [0.717, 1.165) is 0 Å². The van der Waals surface area contributed by atoms with Gasteiger partial charge in [-0.3, -0.25) is 4.79 Å². The highest BCUT2D eigenvalue weighted by Gasteiger charge is 1.98. The standard InChI is InChI=1S/C7H6ClN2O/c1-10(5-11)7-3-2-6(8)4-9-7/h3-5H,1H3. The molecule has 0 spiro atoms. The molecule has 1 rings (SSSR count). The molecule has 0 aliphatic rings. The molecule has 0 aromatic carbocycles. The maximum atomic E-state index is 10.2. The van der Waals surface area contributed by atoms with E-state index in [0.29, 0.717) is 17.3 Å². The molecule has 0 saturated heterocycles. The number of amides is 1. The molecule has 0 aliphatic carbocycles. The van der Waals surface area contributed by atoms with E-state index in [1.807, 2.05) is 0 Å². The lowest BCUT2D eigenvalue weighted by molar-refractivity contribution is -0.107. The molecule has 0 bridgehead atoms. The lowest BCUT2D eigenvalue weighted by Gasteiger charge is -2.07. The average molecular weight is 170 g/mol. The van der Waals surface area contributed by atoms with Crippen molar-refractivity contribution >= 4 is 23.8 Å². The highest BCUT2D eigenvalue weighted by Crippen LogP contribution is 2.10. The van der Waals surface area contributed by atoms with Crippen molar-refractivity contribution in [1.29, 1.82) is 0 Å². The second kappa shape index (κ2) is 3.34. The third-order valence-electron chi connectivity index (χ3n) is 1.17. The van der Waals surface area contributed by atoms with Gasteiger partial charge in [0.25, 0.3) is 0 Å². The molecule has 1 radical (unpaired) electrons. The van der Waals surface area contributed by atoms with Gasteiger partial charge in [0, 0.05) is 19.3 Å². The molecule has 1 amide bonds. The molecule has 1 heterocycles. The van der Waals surface area contributed by atoms with Crippen molar-refractivity contribution in [1.82, 2.24) is 4.98 Å². The number of hydrogen-bond acceptors (Lipinski definition) is 2. The van der Waals surface area contributed by atoms with E-state index in [1.165, 1.54) is 11.1 Å². The molecular weight excluding hydrogens is 164 g/mol. The number of rotatable bonds is 2. The monoisotopic (exact) mass is 169 g/mol. The fourth-order valence-electron chi connectivity index (χ4n) is 0.578. The van der Waals surface area contributed by atoms with Crippen LogP contribution in [0.25, 0.3) is 0 Å². The second-order valence-corrected chi connectivity index (χ2v) is 2.38. The van der Waals surface area contributed by atoms with Crippen LogP contribution >= 0.6 is 11.6 Å². The second-order valence-electron chi connectivity index (χ2n) is 1.97.